The van der Waals surface area contributed by atoms with Gasteiger partial charge in [-0.3, -0.25) is 14.5 Å². The monoisotopic (exact) mass is 371 g/mol. The molecule has 6 nitrogen and oxygen atoms in total. The smallest absolute Gasteiger partial charge is 0.325 e. The van der Waals surface area contributed by atoms with E-state index in [1.807, 2.05) is 39.0 Å². The fourth-order valence-electron chi connectivity index (χ4n) is 3.10. The summed E-state index contributed by atoms with van der Waals surface area (Å²) < 4.78 is 0. The first kappa shape index (κ1) is 20.7. The van der Waals surface area contributed by atoms with Crippen molar-refractivity contribution < 1.29 is 14.4 Å². The molecule has 2 N–H and O–H groups in total. The summed E-state index contributed by atoms with van der Waals surface area (Å²) in [6.45, 7) is 13.7. The lowest BCUT2D eigenvalue weighted by Gasteiger charge is -2.25. The molecule has 0 bridgehead atoms. The summed E-state index contributed by atoms with van der Waals surface area (Å²) in [5.74, 6) is -0.397. The van der Waals surface area contributed by atoms with Gasteiger partial charge in [-0.15, -0.1) is 0 Å². The minimum atomic E-state index is -0.891. The molecular formula is C21H29N3O3. The molecule has 1 heterocycles. The van der Waals surface area contributed by atoms with Gasteiger partial charge in [0.05, 0.1) is 0 Å². The summed E-state index contributed by atoms with van der Waals surface area (Å²) in [5.41, 5.74) is 1.86. The summed E-state index contributed by atoms with van der Waals surface area (Å²) in [4.78, 5) is 37.5. The van der Waals surface area contributed by atoms with Crippen molar-refractivity contribution in [2.24, 2.45) is 0 Å². The molecule has 146 valence electrons. The van der Waals surface area contributed by atoms with Crippen molar-refractivity contribution in [3.05, 3.63) is 42.0 Å². The van der Waals surface area contributed by atoms with Crippen LogP contribution in [0.1, 0.15) is 52.2 Å². The van der Waals surface area contributed by atoms with E-state index in [9.17, 15) is 14.4 Å². The van der Waals surface area contributed by atoms with Crippen LogP contribution in [0.2, 0.25) is 0 Å². The SMILES string of the molecule is C=C(C)c1cccc(C(C)(C)CC(=O)NCCN2C(=O)NC(C)(C)C2=O)c1. The number of urea groups is 1. The second kappa shape index (κ2) is 7.55. The van der Waals surface area contributed by atoms with Crippen LogP contribution < -0.4 is 10.6 Å². The molecule has 0 saturated carbocycles. The molecule has 0 spiro atoms. The number of benzene rings is 1. The van der Waals surface area contributed by atoms with Gasteiger partial charge in [0.25, 0.3) is 5.91 Å². The predicted molar refractivity (Wildman–Crippen MR) is 106 cm³/mol. The molecule has 0 aliphatic carbocycles. The first-order chi connectivity index (χ1) is 12.4. The topological polar surface area (TPSA) is 78.5 Å². The number of imide groups is 1. The molecule has 0 aromatic heterocycles. The quantitative estimate of drug-likeness (QED) is 0.724. The van der Waals surface area contributed by atoms with Crippen molar-refractivity contribution in [3.63, 3.8) is 0 Å². The summed E-state index contributed by atoms with van der Waals surface area (Å²) in [6.07, 6.45) is 0.304. The molecule has 27 heavy (non-hydrogen) atoms. The lowest BCUT2D eigenvalue weighted by molar-refractivity contribution is -0.130. The highest BCUT2D eigenvalue weighted by Gasteiger charge is 2.43. The van der Waals surface area contributed by atoms with Gasteiger partial charge in [-0.25, -0.2) is 4.79 Å². The maximum atomic E-state index is 12.4. The highest BCUT2D eigenvalue weighted by molar-refractivity contribution is 6.06. The van der Waals surface area contributed by atoms with Gasteiger partial charge in [-0.2, -0.15) is 0 Å². The minimum absolute atomic E-state index is 0.118. The molecule has 1 saturated heterocycles. The maximum Gasteiger partial charge on any atom is 0.325 e. The molecule has 0 unspecified atom stereocenters. The number of allylic oxidation sites excluding steroid dienone is 1. The van der Waals surface area contributed by atoms with Crippen LogP contribution in [-0.4, -0.2) is 41.4 Å². The number of hydrogen-bond donors (Lipinski definition) is 2. The molecule has 2 rings (SSSR count). The Hall–Kier alpha value is -2.63. The van der Waals surface area contributed by atoms with E-state index < -0.39 is 11.6 Å². The number of carbonyl (C=O) groups excluding carboxylic acids is 3. The standard InChI is InChI=1S/C21H29N3O3/c1-14(2)15-8-7-9-16(12-15)20(3,4)13-17(25)22-10-11-24-18(26)21(5,6)23-19(24)27/h7-9,12H,1,10-11,13H2,2-6H3,(H,22,25)(H,23,27). The van der Waals surface area contributed by atoms with Gasteiger partial charge in [0.15, 0.2) is 0 Å². The number of rotatable bonds is 7. The van der Waals surface area contributed by atoms with Crippen LogP contribution >= 0.6 is 0 Å². The lowest BCUT2D eigenvalue weighted by Crippen LogP contribution is -2.42. The highest BCUT2D eigenvalue weighted by atomic mass is 16.2. The van der Waals surface area contributed by atoms with Gasteiger partial charge in [0.1, 0.15) is 5.54 Å². The Kier molecular flexibility index (Phi) is 5.78. The zero-order chi connectivity index (χ0) is 20.4. The summed E-state index contributed by atoms with van der Waals surface area (Å²) in [6, 6.07) is 7.62. The van der Waals surface area contributed by atoms with Crippen molar-refractivity contribution in [1.29, 1.82) is 0 Å². The van der Waals surface area contributed by atoms with E-state index in [4.69, 9.17) is 0 Å². The van der Waals surface area contributed by atoms with Crippen LogP contribution in [-0.2, 0) is 15.0 Å². The van der Waals surface area contributed by atoms with Crippen molar-refractivity contribution in [2.45, 2.75) is 52.0 Å². The van der Waals surface area contributed by atoms with Gasteiger partial charge in [-0.05, 0) is 37.3 Å². The van der Waals surface area contributed by atoms with E-state index in [1.54, 1.807) is 13.8 Å². The van der Waals surface area contributed by atoms with Gasteiger partial charge in [0.2, 0.25) is 5.91 Å². The summed E-state index contributed by atoms with van der Waals surface area (Å²) >= 11 is 0. The first-order valence-electron chi connectivity index (χ1n) is 9.11. The number of amides is 4. The van der Waals surface area contributed by atoms with E-state index in [1.165, 1.54) is 0 Å². The molecule has 1 aliphatic heterocycles. The highest BCUT2D eigenvalue weighted by Crippen LogP contribution is 2.29. The molecule has 6 heteroatoms. The van der Waals surface area contributed by atoms with Crippen molar-refractivity contribution >= 4 is 23.4 Å². The van der Waals surface area contributed by atoms with Gasteiger partial charge < -0.3 is 10.6 Å². The Bertz CT molecular complexity index is 781. The second-order valence-corrected chi connectivity index (χ2v) is 8.28. The maximum absolute atomic E-state index is 12.4. The Morgan fingerprint density at radius 3 is 2.52 bits per heavy atom. The van der Waals surface area contributed by atoms with Crippen molar-refractivity contribution in [1.82, 2.24) is 15.5 Å². The number of nitrogens with one attached hydrogen (secondary N) is 2. The van der Waals surface area contributed by atoms with Crippen molar-refractivity contribution in [2.75, 3.05) is 13.1 Å². The van der Waals surface area contributed by atoms with Gasteiger partial charge in [0, 0.05) is 19.5 Å². The van der Waals surface area contributed by atoms with E-state index >= 15 is 0 Å². The van der Waals surface area contributed by atoms with E-state index in [0.29, 0.717) is 6.42 Å². The van der Waals surface area contributed by atoms with E-state index in [0.717, 1.165) is 21.6 Å². The summed E-state index contributed by atoms with van der Waals surface area (Å²) in [5, 5.41) is 5.43. The number of hydrogen-bond acceptors (Lipinski definition) is 3. The molecule has 1 aromatic carbocycles. The molecule has 0 radical (unpaired) electrons. The average Bonchev–Trinajstić information content (AvgIpc) is 2.76. The number of carbonyl (C=O) groups is 3. The van der Waals surface area contributed by atoms with Crippen LogP contribution in [0.5, 0.6) is 0 Å². The molecule has 4 amide bonds. The second-order valence-electron chi connectivity index (χ2n) is 8.28. The predicted octanol–water partition coefficient (Wildman–Crippen LogP) is 2.83. The van der Waals surface area contributed by atoms with Gasteiger partial charge >= 0.3 is 6.03 Å². The minimum Gasteiger partial charge on any atom is -0.354 e. The summed E-state index contributed by atoms with van der Waals surface area (Å²) in [7, 11) is 0. The Labute approximate surface area is 161 Å². The van der Waals surface area contributed by atoms with Crippen LogP contribution in [0.25, 0.3) is 5.57 Å². The third-order valence-corrected chi connectivity index (χ3v) is 4.84. The fraction of sp³-hybridized carbons (Fsp3) is 0.476. The molecular weight excluding hydrogens is 342 g/mol. The Balaban J connectivity index is 1.91. The van der Waals surface area contributed by atoms with Crippen LogP contribution in [0.3, 0.4) is 0 Å². The Morgan fingerprint density at radius 1 is 1.30 bits per heavy atom. The third-order valence-electron chi connectivity index (χ3n) is 4.84. The molecule has 0 atom stereocenters. The normalized spacial score (nSPS) is 16.3. The fourth-order valence-corrected chi connectivity index (χ4v) is 3.10. The van der Waals surface area contributed by atoms with Crippen molar-refractivity contribution in [3.8, 4) is 0 Å². The zero-order valence-electron chi connectivity index (χ0n) is 16.8. The third kappa shape index (κ3) is 4.76. The first-order valence-corrected chi connectivity index (χ1v) is 9.11. The van der Waals surface area contributed by atoms with Crippen LogP contribution in [0, 0.1) is 0 Å². The zero-order valence-corrected chi connectivity index (χ0v) is 16.8. The van der Waals surface area contributed by atoms with Crippen LogP contribution in [0.15, 0.2) is 30.8 Å². The average molecular weight is 371 g/mol. The largest absolute Gasteiger partial charge is 0.354 e. The lowest BCUT2D eigenvalue weighted by atomic mass is 9.80. The Morgan fingerprint density at radius 2 is 1.96 bits per heavy atom. The van der Waals surface area contributed by atoms with E-state index in [-0.39, 0.29) is 30.3 Å². The van der Waals surface area contributed by atoms with E-state index in [2.05, 4.69) is 23.3 Å². The molecule has 1 fully saturated rings. The van der Waals surface area contributed by atoms with Gasteiger partial charge in [-0.1, -0.05) is 50.3 Å². The number of nitrogens with zero attached hydrogens (tertiary/aromatic N) is 1. The molecule has 1 aromatic rings. The van der Waals surface area contributed by atoms with Crippen LogP contribution in [0.4, 0.5) is 4.79 Å². The molecule has 1 aliphatic rings.